The summed E-state index contributed by atoms with van der Waals surface area (Å²) in [5, 5.41) is 13.0. The minimum absolute atomic E-state index is 0.0323. The summed E-state index contributed by atoms with van der Waals surface area (Å²) in [5.74, 6) is -1.10. The van der Waals surface area contributed by atoms with Gasteiger partial charge in [-0.3, -0.25) is 14.2 Å². The average molecular weight is 395 g/mol. The van der Waals surface area contributed by atoms with E-state index in [2.05, 4.69) is 30.7 Å². The molecule has 0 saturated heterocycles. The minimum Gasteiger partial charge on any atom is -0.480 e. The number of sulfonamides is 1. The summed E-state index contributed by atoms with van der Waals surface area (Å²) in [5.41, 5.74) is 0.495. The molecule has 2 rings (SSSR count). The monoisotopic (exact) mass is 394 g/mol. The van der Waals surface area contributed by atoms with Gasteiger partial charge in [0.15, 0.2) is 5.13 Å². The average Bonchev–Trinajstić information content (AvgIpc) is 2.82. The predicted octanol–water partition coefficient (Wildman–Crippen LogP) is 1.60. The lowest BCUT2D eigenvalue weighted by atomic mass is 10.4. The zero-order valence-electron chi connectivity index (χ0n) is 11.0. The Morgan fingerprint density at radius 3 is 2.71 bits per heavy atom. The van der Waals surface area contributed by atoms with Crippen molar-refractivity contribution in [3.05, 3.63) is 21.4 Å². The van der Waals surface area contributed by atoms with E-state index in [1.165, 1.54) is 20.0 Å². The Balaban J connectivity index is 2.40. The molecule has 2 aromatic heterocycles. The standard InChI is InChI=1S/C10H11BrN4O4S2/c1-5-9(6(2)15(13-5)4-8(16)17)21(18,19)14-10-12-3-7(11)20-10/h3H,4H2,1-2H3,(H,12,14)(H,16,17). The number of hydrogen-bond donors (Lipinski definition) is 2. The number of thiazole rings is 1. The Kier molecular flexibility index (Phi) is 4.35. The Hall–Kier alpha value is -1.46. The third kappa shape index (κ3) is 3.41. The zero-order valence-corrected chi connectivity index (χ0v) is 14.2. The van der Waals surface area contributed by atoms with E-state index in [-0.39, 0.29) is 21.4 Å². The first-order valence-electron chi connectivity index (χ1n) is 5.60. The molecular weight excluding hydrogens is 384 g/mol. The quantitative estimate of drug-likeness (QED) is 0.795. The van der Waals surface area contributed by atoms with Crippen molar-refractivity contribution in [2.24, 2.45) is 0 Å². The third-order valence-corrected chi connectivity index (χ3v) is 5.68. The fourth-order valence-corrected chi connectivity index (χ4v) is 4.58. The molecule has 0 saturated carbocycles. The van der Waals surface area contributed by atoms with Crippen molar-refractivity contribution in [1.82, 2.24) is 14.8 Å². The summed E-state index contributed by atoms with van der Waals surface area (Å²) in [7, 11) is -3.88. The normalized spacial score (nSPS) is 11.6. The lowest BCUT2D eigenvalue weighted by molar-refractivity contribution is -0.137. The van der Waals surface area contributed by atoms with Crippen LogP contribution in [0.4, 0.5) is 5.13 Å². The number of nitrogens with one attached hydrogen (secondary N) is 1. The molecule has 8 nitrogen and oxygen atoms in total. The third-order valence-electron chi connectivity index (χ3n) is 2.57. The molecule has 0 aliphatic carbocycles. The van der Waals surface area contributed by atoms with Crippen molar-refractivity contribution in [2.45, 2.75) is 25.3 Å². The second kappa shape index (κ2) is 5.73. The Morgan fingerprint density at radius 1 is 1.52 bits per heavy atom. The van der Waals surface area contributed by atoms with Gasteiger partial charge in [0, 0.05) is 0 Å². The zero-order chi connectivity index (χ0) is 15.8. The van der Waals surface area contributed by atoms with Crippen LogP contribution in [0.5, 0.6) is 0 Å². The number of carboxylic acids is 1. The van der Waals surface area contributed by atoms with E-state index < -0.39 is 22.5 Å². The molecule has 0 fully saturated rings. The van der Waals surface area contributed by atoms with Crippen LogP contribution in [0, 0.1) is 13.8 Å². The van der Waals surface area contributed by atoms with E-state index in [1.807, 2.05) is 0 Å². The van der Waals surface area contributed by atoms with E-state index in [4.69, 9.17) is 5.11 Å². The second-order valence-corrected chi connectivity index (χ2v) is 8.16. The van der Waals surface area contributed by atoms with E-state index in [0.717, 1.165) is 16.0 Å². The summed E-state index contributed by atoms with van der Waals surface area (Å²) < 4.78 is 29.0. The molecule has 11 heteroatoms. The van der Waals surface area contributed by atoms with Crippen LogP contribution >= 0.6 is 27.3 Å². The topological polar surface area (TPSA) is 114 Å². The number of carbonyl (C=O) groups is 1. The van der Waals surface area contributed by atoms with Crippen LogP contribution in [0.2, 0.25) is 0 Å². The van der Waals surface area contributed by atoms with Crippen LogP contribution in [0.3, 0.4) is 0 Å². The Morgan fingerprint density at radius 2 is 2.19 bits per heavy atom. The van der Waals surface area contributed by atoms with E-state index in [1.54, 1.807) is 0 Å². The Labute approximate surface area is 133 Å². The number of anilines is 1. The van der Waals surface area contributed by atoms with Gasteiger partial charge in [-0.1, -0.05) is 11.3 Å². The summed E-state index contributed by atoms with van der Waals surface area (Å²) in [6.07, 6.45) is 1.48. The molecule has 0 aliphatic rings. The SMILES string of the molecule is Cc1nn(CC(=O)O)c(C)c1S(=O)(=O)Nc1ncc(Br)s1. The molecule has 0 radical (unpaired) electrons. The predicted molar refractivity (Wildman–Crippen MR) is 80.0 cm³/mol. The fraction of sp³-hybridized carbons (Fsp3) is 0.300. The molecule has 2 aromatic rings. The molecule has 0 amide bonds. The van der Waals surface area contributed by atoms with Gasteiger partial charge in [-0.2, -0.15) is 5.10 Å². The van der Waals surface area contributed by atoms with Crippen LogP contribution < -0.4 is 4.72 Å². The number of aromatic nitrogens is 3. The van der Waals surface area contributed by atoms with Crippen molar-refractivity contribution < 1.29 is 18.3 Å². The molecule has 0 atom stereocenters. The summed E-state index contributed by atoms with van der Waals surface area (Å²) in [4.78, 5) is 14.6. The van der Waals surface area contributed by atoms with Crippen LogP contribution in [-0.2, 0) is 21.4 Å². The first-order chi connectivity index (χ1) is 9.70. The van der Waals surface area contributed by atoms with Crippen LogP contribution in [-0.4, -0.2) is 34.3 Å². The first-order valence-corrected chi connectivity index (χ1v) is 8.70. The lowest BCUT2D eigenvalue weighted by Crippen LogP contribution is -2.16. The van der Waals surface area contributed by atoms with Crippen LogP contribution in [0.15, 0.2) is 14.9 Å². The fourth-order valence-electron chi connectivity index (χ4n) is 1.82. The number of carboxylic acid groups (broad SMARTS) is 1. The Bertz CT molecular complexity index is 796. The lowest BCUT2D eigenvalue weighted by Gasteiger charge is -2.05. The highest BCUT2D eigenvalue weighted by molar-refractivity contribution is 9.11. The highest BCUT2D eigenvalue weighted by Gasteiger charge is 2.26. The number of halogens is 1. The summed E-state index contributed by atoms with van der Waals surface area (Å²) in [6, 6.07) is 0. The number of hydrogen-bond acceptors (Lipinski definition) is 6. The van der Waals surface area contributed by atoms with Gasteiger partial charge in [0.1, 0.15) is 11.4 Å². The molecule has 0 unspecified atom stereocenters. The maximum atomic E-state index is 12.4. The number of aliphatic carboxylic acids is 1. The van der Waals surface area contributed by atoms with Crippen molar-refractivity contribution in [2.75, 3.05) is 4.72 Å². The van der Waals surface area contributed by atoms with Gasteiger partial charge in [-0.15, -0.1) is 0 Å². The molecule has 0 bridgehead atoms. The van der Waals surface area contributed by atoms with Gasteiger partial charge in [-0.05, 0) is 29.8 Å². The summed E-state index contributed by atoms with van der Waals surface area (Å²) >= 11 is 4.33. The molecular formula is C10H11BrN4O4S2. The molecule has 2 N–H and O–H groups in total. The molecule has 2 heterocycles. The van der Waals surface area contributed by atoms with Gasteiger partial charge in [0.05, 0.1) is 21.4 Å². The highest BCUT2D eigenvalue weighted by Crippen LogP contribution is 2.27. The smallest absolute Gasteiger partial charge is 0.325 e. The van der Waals surface area contributed by atoms with Crippen LogP contribution in [0.25, 0.3) is 0 Å². The van der Waals surface area contributed by atoms with Crippen molar-refractivity contribution >= 4 is 48.4 Å². The molecule has 114 valence electrons. The summed E-state index contributed by atoms with van der Waals surface area (Å²) in [6.45, 7) is 2.62. The van der Waals surface area contributed by atoms with Gasteiger partial charge in [0.2, 0.25) is 0 Å². The van der Waals surface area contributed by atoms with Gasteiger partial charge < -0.3 is 5.11 Å². The van der Waals surface area contributed by atoms with E-state index in [9.17, 15) is 13.2 Å². The highest BCUT2D eigenvalue weighted by atomic mass is 79.9. The first kappa shape index (κ1) is 15.9. The molecule has 0 aromatic carbocycles. The van der Waals surface area contributed by atoms with Crippen molar-refractivity contribution in [1.29, 1.82) is 0 Å². The largest absolute Gasteiger partial charge is 0.480 e. The number of rotatable bonds is 5. The second-order valence-electron chi connectivity index (χ2n) is 4.13. The maximum absolute atomic E-state index is 12.4. The molecule has 21 heavy (non-hydrogen) atoms. The maximum Gasteiger partial charge on any atom is 0.325 e. The van der Waals surface area contributed by atoms with Gasteiger partial charge >= 0.3 is 5.97 Å². The van der Waals surface area contributed by atoms with Gasteiger partial charge in [-0.25, -0.2) is 13.4 Å². The van der Waals surface area contributed by atoms with Crippen molar-refractivity contribution in [3.8, 4) is 0 Å². The number of aryl methyl sites for hydroxylation is 1. The molecule has 0 spiro atoms. The number of nitrogens with zero attached hydrogens (tertiary/aromatic N) is 3. The van der Waals surface area contributed by atoms with Crippen molar-refractivity contribution in [3.63, 3.8) is 0 Å². The molecule has 0 aliphatic heterocycles. The van der Waals surface area contributed by atoms with Gasteiger partial charge in [0.25, 0.3) is 10.0 Å². The van der Waals surface area contributed by atoms with E-state index in [0.29, 0.717) is 3.79 Å². The van der Waals surface area contributed by atoms with E-state index >= 15 is 0 Å². The van der Waals surface area contributed by atoms with Crippen LogP contribution in [0.1, 0.15) is 11.4 Å². The minimum atomic E-state index is -3.88.